The van der Waals surface area contributed by atoms with Gasteiger partial charge in [0.1, 0.15) is 11.4 Å². The average Bonchev–Trinajstić information content (AvgIpc) is 2.61. The second kappa shape index (κ2) is 6.27. The van der Waals surface area contributed by atoms with Crippen LogP contribution in [0.15, 0.2) is 60.7 Å². The number of fused-ring (bicyclic) bond motifs is 1. The summed E-state index contributed by atoms with van der Waals surface area (Å²) in [5.74, 6) is -0.962. The molecule has 0 atom stereocenters. The quantitative estimate of drug-likeness (QED) is 0.754. The van der Waals surface area contributed by atoms with E-state index < -0.39 is 5.97 Å². The Morgan fingerprint density at radius 1 is 0.913 bits per heavy atom. The molecule has 0 aliphatic rings. The van der Waals surface area contributed by atoms with Gasteiger partial charge in [0.2, 0.25) is 0 Å². The fourth-order valence-corrected chi connectivity index (χ4v) is 2.24. The smallest absolute Gasteiger partial charge is 0.356 e. The summed E-state index contributed by atoms with van der Waals surface area (Å²) in [6.45, 7) is 0. The number of methoxy groups -OCH3 is 1. The second-order valence-corrected chi connectivity index (χ2v) is 4.92. The zero-order valence-electron chi connectivity index (χ0n) is 12.4. The summed E-state index contributed by atoms with van der Waals surface area (Å²) >= 11 is 0. The largest absolute Gasteiger partial charge is 0.464 e. The van der Waals surface area contributed by atoms with Crippen LogP contribution in [0.25, 0.3) is 10.8 Å². The fourth-order valence-electron chi connectivity index (χ4n) is 2.24. The van der Waals surface area contributed by atoms with Crippen molar-refractivity contribution in [2.45, 2.75) is 0 Å². The first-order valence-corrected chi connectivity index (χ1v) is 7.03. The summed E-state index contributed by atoms with van der Waals surface area (Å²) in [5.41, 5.74) is 0.915. The predicted octanol–water partition coefficient (Wildman–Crippen LogP) is 3.27. The zero-order valence-corrected chi connectivity index (χ0v) is 12.4. The van der Waals surface area contributed by atoms with Crippen LogP contribution in [-0.2, 0) is 4.74 Å². The summed E-state index contributed by atoms with van der Waals surface area (Å²) in [7, 11) is 1.27. The number of hydrogen-bond acceptors (Lipinski definition) is 4. The molecule has 0 radical (unpaired) electrons. The topological polar surface area (TPSA) is 68.3 Å². The van der Waals surface area contributed by atoms with Crippen LogP contribution < -0.4 is 5.32 Å². The SMILES string of the molecule is COC(=O)c1cccc(C(=O)Nc2ccc3ccccc3c2)n1. The minimum absolute atomic E-state index is 0.0960. The number of pyridine rings is 1. The van der Waals surface area contributed by atoms with E-state index >= 15 is 0 Å². The van der Waals surface area contributed by atoms with Crippen LogP contribution in [0, 0.1) is 0 Å². The van der Waals surface area contributed by atoms with Crippen LogP contribution >= 0.6 is 0 Å². The van der Waals surface area contributed by atoms with Gasteiger partial charge in [0.25, 0.3) is 5.91 Å². The molecule has 0 aliphatic carbocycles. The Balaban J connectivity index is 1.84. The second-order valence-electron chi connectivity index (χ2n) is 4.92. The number of amides is 1. The Morgan fingerprint density at radius 3 is 2.43 bits per heavy atom. The van der Waals surface area contributed by atoms with Crippen molar-refractivity contribution in [3.8, 4) is 0 Å². The monoisotopic (exact) mass is 306 g/mol. The Labute approximate surface area is 132 Å². The lowest BCUT2D eigenvalue weighted by Gasteiger charge is -2.07. The molecule has 1 amide bonds. The number of rotatable bonds is 3. The lowest BCUT2D eigenvalue weighted by molar-refractivity contribution is 0.0594. The molecule has 1 N–H and O–H groups in total. The first-order valence-electron chi connectivity index (χ1n) is 7.03. The third-order valence-corrected chi connectivity index (χ3v) is 3.38. The van der Waals surface area contributed by atoms with Gasteiger partial charge < -0.3 is 10.1 Å². The maximum atomic E-state index is 12.3. The Kier molecular flexibility index (Phi) is 4.01. The number of carbonyl (C=O) groups is 2. The highest BCUT2D eigenvalue weighted by Crippen LogP contribution is 2.19. The average molecular weight is 306 g/mol. The minimum atomic E-state index is -0.578. The molecule has 3 aromatic rings. The van der Waals surface area contributed by atoms with Gasteiger partial charge in [0.05, 0.1) is 7.11 Å². The molecule has 1 aromatic heterocycles. The maximum Gasteiger partial charge on any atom is 0.356 e. The van der Waals surface area contributed by atoms with Gasteiger partial charge in [-0.2, -0.15) is 0 Å². The zero-order chi connectivity index (χ0) is 16.2. The first kappa shape index (κ1) is 14.7. The van der Waals surface area contributed by atoms with Crippen molar-refractivity contribution in [1.29, 1.82) is 0 Å². The summed E-state index contributed by atoms with van der Waals surface area (Å²) in [6.07, 6.45) is 0. The van der Waals surface area contributed by atoms with E-state index in [4.69, 9.17) is 0 Å². The van der Waals surface area contributed by atoms with Gasteiger partial charge in [0.15, 0.2) is 0 Å². The number of hydrogen-bond donors (Lipinski definition) is 1. The van der Waals surface area contributed by atoms with E-state index in [0.29, 0.717) is 5.69 Å². The van der Waals surface area contributed by atoms with E-state index in [9.17, 15) is 9.59 Å². The highest BCUT2D eigenvalue weighted by atomic mass is 16.5. The number of ether oxygens (including phenoxy) is 1. The van der Waals surface area contributed by atoms with Gasteiger partial charge in [-0.05, 0) is 35.0 Å². The number of nitrogens with zero attached hydrogens (tertiary/aromatic N) is 1. The van der Waals surface area contributed by atoms with E-state index in [1.165, 1.54) is 13.2 Å². The molecule has 0 spiro atoms. The van der Waals surface area contributed by atoms with E-state index in [0.717, 1.165) is 10.8 Å². The molecule has 0 saturated heterocycles. The summed E-state index contributed by atoms with van der Waals surface area (Å²) in [4.78, 5) is 27.8. The van der Waals surface area contributed by atoms with Gasteiger partial charge in [-0.15, -0.1) is 0 Å². The van der Waals surface area contributed by atoms with Gasteiger partial charge >= 0.3 is 5.97 Å². The number of carbonyl (C=O) groups excluding carboxylic acids is 2. The molecule has 0 aliphatic heterocycles. The highest BCUT2D eigenvalue weighted by molar-refractivity contribution is 6.04. The number of benzene rings is 2. The Morgan fingerprint density at radius 2 is 1.65 bits per heavy atom. The maximum absolute atomic E-state index is 12.3. The molecular weight excluding hydrogens is 292 g/mol. The van der Waals surface area contributed by atoms with Crippen molar-refractivity contribution in [1.82, 2.24) is 4.98 Å². The standard InChI is InChI=1S/C18H14N2O3/c1-23-18(22)16-8-4-7-15(20-16)17(21)19-14-10-9-12-5-2-3-6-13(12)11-14/h2-11H,1H3,(H,19,21). The summed E-state index contributed by atoms with van der Waals surface area (Å²) in [5, 5.41) is 4.90. The van der Waals surface area contributed by atoms with Crippen LogP contribution in [0.3, 0.4) is 0 Å². The molecule has 0 unspecified atom stereocenters. The van der Waals surface area contributed by atoms with Crippen molar-refractivity contribution in [2.24, 2.45) is 0 Å². The first-order chi connectivity index (χ1) is 11.2. The molecule has 23 heavy (non-hydrogen) atoms. The van der Waals surface area contributed by atoms with Crippen molar-refractivity contribution >= 4 is 28.3 Å². The van der Waals surface area contributed by atoms with Gasteiger partial charge in [-0.25, -0.2) is 9.78 Å². The van der Waals surface area contributed by atoms with E-state index in [1.54, 1.807) is 12.1 Å². The van der Waals surface area contributed by atoms with Crippen LogP contribution in [-0.4, -0.2) is 24.0 Å². The molecule has 5 nitrogen and oxygen atoms in total. The molecule has 5 heteroatoms. The van der Waals surface area contributed by atoms with Crippen LogP contribution in [0.1, 0.15) is 21.0 Å². The third-order valence-electron chi connectivity index (χ3n) is 3.38. The van der Waals surface area contributed by atoms with Crippen LogP contribution in [0.2, 0.25) is 0 Å². The van der Waals surface area contributed by atoms with Crippen LogP contribution in [0.5, 0.6) is 0 Å². The van der Waals surface area contributed by atoms with Crippen LogP contribution in [0.4, 0.5) is 5.69 Å². The third kappa shape index (κ3) is 3.18. The molecule has 114 valence electrons. The molecule has 0 saturated carbocycles. The van der Waals surface area contributed by atoms with E-state index in [2.05, 4.69) is 15.0 Å². The van der Waals surface area contributed by atoms with Crippen molar-refractivity contribution in [3.63, 3.8) is 0 Å². The van der Waals surface area contributed by atoms with Crippen molar-refractivity contribution in [3.05, 3.63) is 72.1 Å². The molecule has 1 heterocycles. The van der Waals surface area contributed by atoms with E-state index in [-0.39, 0.29) is 17.3 Å². The number of esters is 1. The predicted molar refractivity (Wildman–Crippen MR) is 87.5 cm³/mol. The van der Waals surface area contributed by atoms with Gasteiger partial charge in [-0.3, -0.25) is 4.79 Å². The molecule has 0 bridgehead atoms. The molecule has 3 rings (SSSR count). The van der Waals surface area contributed by atoms with Gasteiger partial charge in [0, 0.05) is 5.69 Å². The van der Waals surface area contributed by atoms with Gasteiger partial charge in [-0.1, -0.05) is 36.4 Å². The molecule has 2 aromatic carbocycles. The lowest BCUT2D eigenvalue weighted by Crippen LogP contribution is -2.15. The summed E-state index contributed by atoms with van der Waals surface area (Å²) in [6, 6.07) is 18.2. The summed E-state index contributed by atoms with van der Waals surface area (Å²) < 4.78 is 4.60. The lowest BCUT2D eigenvalue weighted by atomic mass is 10.1. The number of aromatic nitrogens is 1. The molecule has 0 fully saturated rings. The number of anilines is 1. The van der Waals surface area contributed by atoms with Crippen molar-refractivity contribution < 1.29 is 14.3 Å². The molecular formula is C18H14N2O3. The fraction of sp³-hybridized carbons (Fsp3) is 0.0556. The normalized spacial score (nSPS) is 10.3. The number of nitrogens with one attached hydrogen (secondary N) is 1. The highest BCUT2D eigenvalue weighted by Gasteiger charge is 2.12. The van der Waals surface area contributed by atoms with E-state index in [1.807, 2.05) is 42.5 Å². The minimum Gasteiger partial charge on any atom is -0.464 e. The Hall–Kier alpha value is -3.21. The Bertz CT molecular complexity index is 890. The van der Waals surface area contributed by atoms with Crippen molar-refractivity contribution in [2.75, 3.05) is 12.4 Å².